The number of likely N-dealkylation sites (tertiary alicyclic amines) is 1. The van der Waals surface area contributed by atoms with Crippen LogP contribution in [0.3, 0.4) is 0 Å². The first-order valence-corrected chi connectivity index (χ1v) is 17.7. The van der Waals surface area contributed by atoms with Gasteiger partial charge < -0.3 is 0 Å². The van der Waals surface area contributed by atoms with Crippen LogP contribution in [0.15, 0.2) is 18.2 Å². The molecule has 38 heavy (non-hydrogen) atoms. The van der Waals surface area contributed by atoms with Gasteiger partial charge >= 0.3 is 153 Å². The Kier molecular flexibility index (Phi) is 11.7. The molecular weight excluding hydrogens is 590 g/mol. The van der Waals surface area contributed by atoms with E-state index < -0.39 is 62.8 Å². The van der Waals surface area contributed by atoms with Crippen molar-refractivity contribution in [1.82, 2.24) is 15.3 Å². The molecule has 1 aliphatic heterocycles. The van der Waals surface area contributed by atoms with Gasteiger partial charge in [-0.3, -0.25) is 4.79 Å². The Hall–Kier alpha value is -0.770. The van der Waals surface area contributed by atoms with Crippen molar-refractivity contribution in [3.05, 3.63) is 34.9 Å². The van der Waals surface area contributed by atoms with E-state index in [0.717, 1.165) is 0 Å². The maximum atomic E-state index is 13.0. The molecule has 1 aliphatic rings. The fourth-order valence-electron chi connectivity index (χ4n) is 3.98. The average molecular weight is 621 g/mol. The SMILES string of the molecule is CP(NCCN1CCC(CNC(=O)c2cc(C(F)(F)F)cc(C(F)(F)F)c2)CC1)O[PH](C)(P)CC(F)(F)F. The normalized spacial score (nSPS) is 17.9. The number of nitrogens with one attached hydrogen (secondary N) is 2. The summed E-state index contributed by atoms with van der Waals surface area (Å²) < 4.78 is 122. The average Bonchev–Trinajstić information content (AvgIpc) is 2.74. The zero-order valence-electron chi connectivity index (χ0n) is 20.7. The molecule has 2 unspecified atom stereocenters. The number of hydrogen-bond acceptors (Lipinski definition) is 4. The fourth-order valence-corrected chi connectivity index (χ4v) is 10.3. The van der Waals surface area contributed by atoms with Crippen LogP contribution < -0.4 is 10.4 Å². The first kappa shape index (κ1) is 33.4. The topological polar surface area (TPSA) is 53.6 Å². The van der Waals surface area contributed by atoms with Crippen molar-refractivity contribution >= 4 is 30.3 Å². The minimum atomic E-state index is -5.04. The summed E-state index contributed by atoms with van der Waals surface area (Å²) in [7, 11) is -1.99. The molecule has 5 nitrogen and oxygen atoms in total. The number of carbonyl (C=O) groups excluding carboxylic acids is 1. The number of nitrogens with zero attached hydrogens (tertiary/aromatic N) is 1. The predicted octanol–water partition coefficient (Wildman–Crippen LogP) is 6.36. The zero-order valence-corrected chi connectivity index (χ0v) is 23.7. The third-order valence-corrected chi connectivity index (χ3v) is 11.9. The van der Waals surface area contributed by atoms with Gasteiger partial charge in [0.1, 0.15) is 0 Å². The third kappa shape index (κ3) is 11.8. The van der Waals surface area contributed by atoms with Gasteiger partial charge in [0.15, 0.2) is 0 Å². The standard InChI is InChI=1S/C21H31F9N3O2P3/c1-37(35-38(2,36)13-19(22,23)24)32-5-8-33-6-3-14(4-7-33)12-31-18(34)15-9-16(20(25,26)27)11-17(10-15)21(28,29)30/h9-11,14,32,38H,3-8,12-13,36H2,1-2H3,(H,31,34). The Balaban J connectivity index is 1.78. The van der Waals surface area contributed by atoms with Gasteiger partial charge in [-0.25, -0.2) is 0 Å². The molecule has 2 rings (SSSR count). The van der Waals surface area contributed by atoms with Gasteiger partial charge in [-0.15, -0.1) is 0 Å². The number of alkyl halides is 9. The van der Waals surface area contributed by atoms with E-state index in [2.05, 4.69) is 24.2 Å². The van der Waals surface area contributed by atoms with Crippen molar-refractivity contribution < 1.29 is 48.6 Å². The van der Waals surface area contributed by atoms with Crippen molar-refractivity contribution in [3.8, 4) is 0 Å². The summed E-state index contributed by atoms with van der Waals surface area (Å²) in [6.45, 7) is 5.71. The Labute approximate surface area is 219 Å². The van der Waals surface area contributed by atoms with E-state index in [1.165, 1.54) is 6.66 Å². The van der Waals surface area contributed by atoms with Crippen molar-refractivity contribution in [2.24, 2.45) is 5.92 Å². The fraction of sp³-hybridized carbons (Fsp3) is 0.667. The van der Waals surface area contributed by atoms with Crippen LogP contribution in [0.2, 0.25) is 0 Å². The van der Waals surface area contributed by atoms with Gasteiger partial charge in [0, 0.05) is 5.56 Å². The van der Waals surface area contributed by atoms with Crippen LogP contribution >= 0.6 is 24.4 Å². The van der Waals surface area contributed by atoms with Gasteiger partial charge in [0.2, 0.25) is 0 Å². The number of benzene rings is 1. The molecule has 0 aromatic heterocycles. The molecule has 1 saturated heterocycles. The molecule has 2 N–H and O–H groups in total. The molecule has 17 heteroatoms. The predicted molar refractivity (Wildman–Crippen MR) is 135 cm³/mol. The summed E-state index contributed by atoms with van der Waals surface area (Å²) in [5.74, 6) is -1.02. The van der Waals surface area contributed by atoms with Crippen molar-refractivity contribution in [2.45, 2.75) is 31.4 Å². The molecular formula is C21H31F9N3O2P3. The van der Waals surface area contributed by atoms with E-state index in [1.54, 1.807) is 6.66 Å². The first-order valence-electron chi connectivity index (χ1n) is 11.6. The summed E-state index contributed by atoms with van der Waals surface area (Å²) in [6, 6.07) is 0.773. The summed E-state index contributed by atoms with van der Waals surface area (Å²) in [5, 5.41) is 5.55. The van der Waals surface area contributed by atoms with Gasteiger partial charge in [0.25, 0.3) is 0 Å². The van der Waals surface area contributed by atoms with E-state index in [4.69, 9.17) is 4.31 Å². The third-order valence-electron chi connectivity index (χ3n) is 5.77. The molecule has 0 saturated carbocycles. The quantitative estimate of drug-likeness (QED) is 0.236. The van der Waals surface area contributed by atoms with Crippen LogP contribution in [0.4, 0.5) is 39.5 Å². The molecule has 0 radical (unpaired) electrons. The van der Waals surface area contributed by atoms with E-state index in [0.29, 0.717) is 51.2 Å². The molecule has 0 aliphatic carbocycles. The second kappa shape index (κ2) is 13.3. The molecule has 0 bridgehead atoms. The van der Waals surface area contributed by atoms with Crippen molar-refractivity contribution in [2.75, 3.05) is 52.2 Å². The van der Waals surface area contributed by atoms with Crippen LogP contribution in [-0.4, -0.2) is 69.2 Å². The van der Waals surface area contributed by atoms with E-state index in [1.807, 2.05) is 0 Å². The van der Waals surface area contributed by atoms with Crippen molar-refractivity contribution in [3.63, 3.8) is 0 Å². The second-order valence-corrected chi connectivity index (χ2v) is 18.1. The zero-order chi connectivity index (χ0) is 28.9. The summed E-state index contributed by atoms with van der Waals surface area (Å²) >= 11 is 0. The first-order chi connectivity index (χ1) is 17.2. The van der Waals surface area contributed by atoms with Crippen molar-refractivity contribution in [1.29, 1.82) is 0 Å². The van der Waals surface area contributed by atoms with Gasteiger partial charge in [0.05, 0.1) is 11.1 Å². The van der Waals surface area contributed by atoms with Gasteiger partial charge in [-0.05, 0) is 18.2 Å². The molecule has 220 valence electrons. The van der Waals surface area contributed by atoms with Crippen LogP contribution in [0.1, 0.15) is 34.3 Å². The minimum absolute atomic E-state index is 0.00568. The summed E-state index contributed by atoms with van der Waals surface area (Å²) in [5.41, 5.74) is -3.81. The monoisotopic (exact) mass is 621 g/mol. The Bertz CT molecular complexity index is 903. The number of hydrogen-bond donors (Lipinski definition) is 2. The molecule has 1 amide bonds. The van der Waals surface area contributed by atoms with E-state index >= 15 is 0 Å². The van der Waals surface area contributed by atoms with Gasteiger partial charge in [-0.1, -0.05) is 0 Å². The number of halogens is 9. The summed E-state index contributed by atoms with van der Waals surface area (Å²) in [4.78, 5) is 14.5. The molecule has 2 atom stereocenters. The maximum absolute atomic E-state index is 13.0. The Morgan fingerprint density at radius 3 is 2.05 bits per heavy atom. The molecule has 1 aromatic carbocycles. The van der Waals surface area contributed by atoms with Gasteiger partial charge in [-0.2, -0.15) is 26.3 Å². The molecule has 1 fully saturated rings. The molecule has 1 aromatic rings. The van der Waals surface area contributed by atoms with Crippen LogP contribution in [0, 0.1) is 5.92 Å². The van der Waals surface area contributed by atoms with Crippen LogP contribution in [-0.2, 0) is 16.7 Å². The number of carbonyl (C=O) groups is 1. The van der Waals surface area contributed by atoms with E-state index in [9.17, 15) is 44.3 Å². The second-order valence-electron chi connectivity index (χ2n) is 9.39. The molecule has 0 spiro atoms. The molecule has 1 heterocycles. The van der Waals surface area contributed by atoms with Crippen LogP contribution in [0.25, 0.3) is 0 Å². The van der Waals surface area contributed by atoms with E-state index in [-0.39, 0.29) is 18.5 Å². The van der Waals surface area contributed by atoms with Crippen LogP contribution in [0.5, 0.6) is 0 Å². The summed E-state index contributed by atoms with van der Waals surface area (Å²) in [6.07, 6.45) is -14.0. The number of piperidine rings is 1. The number of rotatable bonds is 10. The Morgan fingerprint density at radius 1 is 1.05 bits per heavy atom. The Morgan fingerprint density at radius 2 is 1.58 bits per heavy atom. The number of amides is 1.